The molecule has 0 spiro atoms. The summed E-state index contributed by atoms with van der Waals surface area (Å²) in [5.41, 5.74) is 7.06. The summed E-state index contributed by atoms with van der Waals surface area (Å²) in [4.78, 5) is 7.98. The first-order valence-corrected chi connectivity index (χ1v) is 3.81. The zero-order valence-electron chi connectivity index (χ0n) is 6.16. The summed E-state index contributed by atoms with van der Waals surface area (Å²) in [6, 6.07) is 3.44. The Bertz CT molecular complexity index is 428. The van der Waals surface area contributed by atoms with Crippen LogP contribution < -0.4 is 5.73 Å². The fourth-order valence-corrected chi connectivity index (χ4v) is 1.28. The van der Waals surface area contributed by atoms with E-state index in [1.54, 1.807) is 18.5 Å². The molecule has 0 fully saturated rings. The quantitative estimate of drug-likeness (QED) is 0.628. The number of fused-ring (bicyclic) bond motifs is 1. The minimum absolute atomic E-state index is 0.396. The van der Waals surface area contributed by atoms with Crippen molar-refractivity contribution in [3.63, 3.8) is 0 Å². The molecule has 2 aromatic heterocycles. The van der Waals surface area contributed by atoms with E-state index in [-0.39, 0.29) is 0 Å². The Kier molecular flexibility index (Phi) is 1.59. The average molecular weight is 180 g/mol. The second kappa shape index (κ2) is 2.60. The topological polar surface area (TPSA) is 51.8 Å². The van der Waals surface area contributed by atoms with Gasteiger partial charge in [0.15, 0.2) is 0 Å². The number of anilines is 1. The van der Waals surface area contributed by atoms with E-state index in [2.05, 4.69) is 9.97 Å². The number of rotatable bonds is 0. The van der Waals surface area contributed by atoms with Gasteiger partial charge in [0.05, 0.1) is 11.7 Å². The highest BCUT2D eigenvalue weighted by molar-refractivity contribution is 6.30. The Morgan fingerprint density at radius 1 is 1.42 bits per heavy atom. The van der Waals surface area contributed by atoms with Crippen LogP contribution in [0.15, 0.2) is 24.5 Å². The van der Waals surface area contributed by atoms with Crippen LogP contribution in [0.4, 0.5) is 5.69 Å². The summed E-state index contributed by atoms with van der Waals surface area (Å²) in [6.07, 6.45) is 3.31. The van der Waals surface area contributed by atoms with Gasteiger partial charge in [-0.2, -0.15) is 0 Å². The summed E-state index contributed by atoms with van der Waals surface area (Å²) in [6.45, 7) is 0. The maximum Gasteiger partial charge on any atom is 0.131 e. The first-order valence-electron chi connectivity index (χ1n) is 3.43. The highest BCUT2D eigenvalue weighted by Crippen LogP contribution is 2.21. The fourth-order valence-electron chi connectivity index (χ4n) is 1.07. The van der Waals surface area contributed by atoms with Crippen LogP contribution in [-0.2, 0) is 0 Å². The molecular formula is C8H6ClN3. The van der Waals surface area contributed by atoms with Crippen LogP contribution in [0.5, 0.6) is 0 Å². The van der Waals surface area contributed by atoms with E-state index >= 15 is 0 Å². The molecule has 2 N–H and O–H groups in total. The van der Waals surface area contributed by atoms with E-state index in [4.69, 9.17) is 17.3 Å². The van der Waals surface area contributed by atoms with Gasteiger partial charge in [-0.25, -0.2) is 4.98 Å². The van der Waals surface area contributed by atoms with Crippen molar-refractivity contribution in [2.45, 2.75) is 0 Å². The van der Waals surface area contributed by atoms with Crippen LogP contribution in [0.3, 0.4) is 0 Å². The van der Waals surface area contributed by atoms with Crippen molar-refractivity contribution < 1.29 is 0 Å². The highest BCUT2D eigenvalue weighted by atomic mass is 35.5. The second-order valence-corrected chi connectivity index (χ2v) is 2.81. The van der Waals surface area contributed by atoms with E-state index in [1.165, 1.54) is 0 Å². The van der Waals surface area contributed by atoms with E-state index < -0.39 is 0 Å². The van der Waals surface area contributed by atoms with E-state index in [1.807, 2.05) is 6.07 Å². The molecule has 0 aliphatic rings. The molecule has 4 heteroatoms. The lowest BCUT2D eigenvalue weighted by Gasteiger charge is -1.99. The van der Waals surface area contributed by atoms with E-state index in [0.717, 1.165) is 10.9 Å². The summed E-state index contributed by atoms with van der Waals surface area (Å²) in [7, 11) is 0. The number of nitrogens with two attached hydrogens (primary N) is 1. The van der Waals surface area contributed by atoms with Gasteiger partial charge < -0.3 is 5.73 Å². The van der Waals surface area contributed by atoms with E-state index in [9.17, 15) is 0 Å². The van der Waals surface area contributed by atoms with Gasteiger partial charge in [0, 0.05) is 17.3 Å². The molecule has 0 atom stereocenters. The molecule has 0 saturated carbocycles. The predicted molar refractivity (Wildman–Crippen MR) is 49.0 cm³/mol. The Morgan fingerprint density at radius 3 is 3.08 bits per heavy atom. The molecule has 0 aromatic carbocycles. The Hall–Kier alpha value is -1.35. The number of halogens is 1. The van der Waals surface area contributed by atoms with Gasteiger partial charge in [-0.3, -0.25) is 4.98 Å². The minimum atomic E-state index is 0.396. The highest BCUT2D eigenvalue weighted by Gasteiger charge is 1.99. The lowest BCUT2D eigenvalue weighted by Crippen LogP contribution is -1.90. The maximum absolute atomic E-state index is 5.71. The number of hydrogen-bond acceptors (Lipinski definition) is 3. The number of hydrogen-bond donors (Lipinski definition) is 1. The molecule has 0 unspecified atom stereocenters. The van der Waals surface area contributed by atoms with Crippen LogP contribution in [0.2, 0.25) is 5.15 Å². The van der Waals surface area contributed by atoms with Gasteiger partial charge in [-0.05, 0) is 12.1 Å². The van der Waals surface area contributed by atoms with Gasteiger partial charge in [-0.1, -0.05) is 11.6 Å². The third-order valence-electron chi connectivity index (χ3n) is 1.61. The number of nitrogen functional groups attached to an aromatic ring is 1. The second-order valence-electron chi connectivity index (χ2n) is 2.43. The minimum Gasteiger partial charge on any atom is -0.398 e. The summed E-state index contributed by atoms with van der Waals surface area (Å²) < 4.78 is 0. The average Bonchev–Trinajstić information content (AvgIpc) is 2.04. The smallest absolute Gasteiger partial charge is 0.131 e. The largest absolute Gasteiger partial charge is 0.398 e. The molecule has 2 aromatic rings. The molecule has 0 radical (unpaired) electrons. The van der Waals surface area contributed by atoms with Crippen LogP contribution in [-0.4, -0.2) is 9.97 Å². The van der Waals surface area contributed by atoms with E-state index in [0.29, 0.717) is 10.8 Å². The molecular weight excluding hydrogens is 174 g/mol. The third-order valence-corrected chi connectivity index (χ3v) is 1.81. The molecule has 2 heterocycles. The molecule has 60 valence electrons. The molecule has 0 aliphatic carbocycles. The van der Waals surface area contributed by atoms with Crippen molar-refractivity contribution >= 4 is 28.2 Å². The van der Waals surface area contributed by atoms with Gasteiger partial charge in [0.25, 0.3) is 0 Å². The van der Waals surface area contributed by atoms with Crippen LogP contribution in [0.25, 0.3) is 10.9 Å². The van der Waals surface area contributed by atoms with Crippen LogP contribution >= 0.6 is 11.6 Å². The molecule has 2 rings (SSSR count). The zero-order chi connectivity index (χ0) is 8.55. The normalized spacial score (nSPS) is 10.4. The molecule has 0 amide bonds. The Morgan fingerprint density at radius 2 is 2.25 bits per heavy atom. The summed E-state index contributed by atoms with van der Waals surface area (Å²) in [5, 5.41) is 1.28. The predicted octanol–water partition coefficient (Wildman–Crippen LogP) is 1.87. The van der Waals surface area contributed by atoms with Crippen molar-refractivity contribution in [3.05, 3.63) is 29.7 Å². The molecule has 0 aliphatic heterocycles. The third kappa shape index (κ3) is 1.08. The van der Waals surface area contributed by atoms with Crippen molar-refractivity contribution in [3.8, 4) is 0 Å². The van der Waals surface area contributed by atoms with Gasteiger partial charge in [0.2, 0.25) is 0 Å². The van der Waals surface area contributed by atoms with Crippen molar-refractivity contribution in [1.82, 2.24) is 9.97 Å². The number of aromatic nitrogens is 2. The lowest BCUT2D eigenvalue weighted by atomic mass is 10.2. The first kappa shape index (κ1) is 7.31. The van der Waals surface area contributed by atoms with Gasteiger partial charge >= 0.3 is 0 Å². The first-order chi connectivity index (χ1) is 5.77. The molecule has 3 nitrogen and oxygen atoms in total. The van der Waals surface area contributed by atoms with Crippen molar-refractivity contribution in [1.29, 1.82) is 0 Å². The van der Waals surface area contributed by atoms with Crippen molar-refractivity contribution in [2.24, 2.45) is 0 Å². The molecule has 0 bridgehead atoms. The van der Waals surface area contributed by atoms with Gasteiger partial charge in [0.1, 0.15) is 5.15 Å². The van der Waals surface area contributed by atoms with Crippen molar-refractivity contribution in [2.75, 3.05) is 5.73 Å². The number of nitrogens with zero attached hydrogens (tertiary/aromatic N) is 2. The summed E-state index contributed by atoms with van der Waals surface area (Å²) in [5.74, 6) is 0. The standard InChI is InChI=1S/C8H6ClN3/c9-8-3-6(10)5-1-2-11-4-7(5)12-8/h1-4H,(H2,10,12). The fraction of sp³-hybridized carbons (Fsp3) is 0. The zero-order valence-corrected chi connectivity index (χ0v) is 6.92. The Labute approximate surface area is 74.2 Å². The SMILES string of the molecule is Nc1cc(Cl)nc2cnccc12. The van der Waals surface area contributed by atoms with Crippen LogP contribution in [0, 0.1) is 0 Å². The van der Waals surface area contributed by atoms with Crippen LogP contribution in [0.1, 0.15) is 0 Å². The molecule has 0 saturated heterocycles. The van der Waals surface area contributed by atoms with Gasteiger partial charge in [-0.15, -0.1) is 0 Å². The lowest BCUT2D eigenvalue weighted by molar-refractivity contribution is 1.31. The maximum atomic E-state index is 5.71. The number of pyridine rings is 2. The summed E-state index contributed by atoms with van der Waals surface area (Å²) >= 11 is 5.71. The Balaban J connectivity index is 2.89. The molecule has 12 heavy (non-hydrogen) atoms. The monoisotopic (exact) mass is 179 g/mol.